The van der Waals surface area contributed by atoms with E-state index in [1.165, 1.54) is 245 Å². The highest BCUT2D eigenvalue weighted by Crippen LogP contribution is 2.48. The summed E-state index contributed by atoms with van der Waals surface area (Å²) in [5, 5.41) is 20.1. The van der Waals surface area contributed by atoms with Gasteiger partial charge in [0.05, 0.1) is 27.5 Å². The van der Waals surface area contributed by atoms with E-state index in [0.29, 0.717) is 47.3 Å². The molecule has 0 bridgehead atoms. The number of aromatic nitrogens is 12. The highest BCUT2D eigenvalue weighted by molar-refractivity contribution is 6.15. The van der Waals surface area contributed by atoms with E-state index in [2.05, 4.69) is 499 Å². The number of pyridine rings is 2. The zero-order chi connectivity index (χ0) is 102. The van der Waals surface area contributed by atoms with Crippen LogP contribution in [0, 0.1) is 20.8 Å². The van der Waals surface area contributed by atoms with Crippen LogP contribution in [0.5, 0.6) is 0 Å². The number of imidazole rings is 3. The molecule has 13 nitrogen and oxygen atoms in total. The average molecular weight is 1940 g/mol. The maximum absolute atomic E-state index is 6.47. The molecule has 0 spiro atoms. The normalized spacial score (nSPS) is 12.8. The number of aryl methyl sites for hydroxylation is 3. The molecule has 0 amide bonds. The quantitative estimate of drug-likeness (QED) is 0.0757. The van der Waals surface area contributed by atoms with Crippen LogP contribution in [0.3, 0.4) is 0 Å². The number of benzene rings is 15. The standard InChI is InChI=1S/C28H27N2.C28H29N2.C27H26N3O.C27H28N3.C25H21N2/c1-17(2)20-11-8-12-21(18(3)4)27(20)25-16-29-15-19-9-7-13-23-22-10-5-6-14-24(22)30(25)28(29)26(19)23;1-19(2)25-16-23(21-10-6-5-7-11-21)17-26(20(3)4)27(25)30-15-14-29-18-22-12-8-9-13-24(22)28(29)30;1-16(2)21-13-22-20-11-7-8-12-23(20)31-26(22)24(17(3)4)25(21)29-15-28-30-14-18-9-5-6-10-19(18)27(29)30;1-18(2)24-14-22(20-10-6-5-7-11-20)15-25(19(3)4)26(24)29-17-28-30-16-21-12-8-9-13-23(21)27(29)30;1-15-10-11-21-20(12-15)19-9-5-8-18-13-26-14-22(27(21)25(26)24(18)19)23-16(2)6-4-7-17(23)3/h5-14,16-18H,15H2,1-4H3;5-17,19-20H,18H2,1-4H3;5-13,15-17H,14H2,1-4H3;5-15,17-19H,16H2,1-4H3;4-12,14H,13H2,1-3H3/q5*+1. The lowest BCUT2D eigenvalue weighted by atomic mass is 9.87. The molecule has 0 unspecified atom stereocenters. The van der Waals surface area contributed by atoms with Crippen molar-refractivity contribution < 1.29 is 27.3 Å². The lowest BCUT2D eigenvalue weighted by molar-refractivity contribution is -0.671. The third kappa shape index (κ3) is 15.7. The third-order valence-electron chi connectivity index (χ3n) is 31.8. The van der Waals surface area contributed by atoms with Crippen LogP contribution in [0.4, 0.5) is 0 Å². The fourth-order valence-electron chi connectivity index (χ4n) is 24.8. The van der Waals surface area contributed by atoms with Crippen molar-refractivity contribution in [3.8, 4) is 96.0 Å². The van der Waals surface area contributed by atoms with Gasteiger partial charge in [-0.3, -0.25) is 0 Å². The molecule has 0 aliphatic carbocycles. The monoisotopic (exact) mass is 1940 g/mol. The predicted octanol–water partition coefficient (Wildman–Crippen LogP) is 31.4. The number of nitrogens with zero attached hydrogens (tertiary/aromatic N) is 12. The first-order valence-electron chi connectivity index (χ1n) is 53.5. The molecule has 5 aliphatic rings. The van der Waals surface area contributed by atoms with Crippen molar-refractivity contribution in [1.29, 1.82) is 0 Å². The number of rotatable bonds is 15. The third-order valence-corrected chi connectivity index (χ3v) is 31.8. The van der Waals surface area contributed by atoms with Crippen LogP contribution in [-0.2, 0) is 32.7 Å². The molecule has 23 aromatic rings. The summed E-state index contributed by atoms with van der Waals surface area (Å²) in [6, 6.07) is 111. The second-order valence-corrected chi connectivity index (χ2v) is 44.1. The summed E-state index contributed by atoms with van der Waals surface area (Å²) in [4.78, 5) is 0. The van der Waals surface area contributed by atoms with Crippen molar-refractivity contribution in [2.75, 3.05) is 0 Å². The van der Waals surface area contributed by atoms with Gasteiger partial charge in [0.15, 0.2) is 11.4 Å². The first-order valence-corrected chi connectivity index (χ1v) is 53.5. The maximum Gasteiger partial charge on any atom is 0.295 e. The van der Waals surface area contributed by atoms with Gasteiger partial charge in [-0.05, 0) is 202 Å². The summed E-state index contributed by atoms with van der Waals surface area (Å²) < 4.78 is 30.0. The Kier molecular flexibility index (Phi) is 23.9. The molecule has 5 aliphatic heterocycles. The van der Waals surface area contributed by atoms with Crippen molar-refractivity contribution in [3.63, 3.8) is 0 Å². The minimum Gasteiger partial charge on any atom is -0.456 e. The number of para-hydroxylation sites is 2. The average Bonchev–Trinajstić information content (AvgIpc) is 1.54. The summed E-state index contributed by atoms with van der Waals surface area (Å²) in [6.07, 6.45) is 13.2. The van der Waals surface area contributed by atoms with Gasteiger partial charge in [-0.1, -0.05) is 347 Å². The Labute approximate surface area is 868 Å². The highest BCUT2D eigenvalue weighted by Gasteiger charge is 2.41. The van der Waals surface area contributed by atoms with Crippen molar-refractivity contribution in [1.82, 2.24) is 32.9 Å². The SMILES string of the molecule is CC(C)c1cc(-c2ccccc2)cc(C(C)C)c1-[n+]1cnn2c1-c1ccccc1C2.CC(C)c1cc(-c2ccccc2)cc(C(C)C)c1-n1cc[n+]2c1-c1ccccc1C2.CC(C)c1cc2c(oc3ccccc32)c(C(C)C)c1-[n+]1cnn2c1-c1ccccc1C2.CC(C)c1cccc(C(C)C)c1-c1c[n+]2c3c4c(cccc4c4ccccc4n13)C2.Cc1ccc2c(c1)c1cccc3c1c1n2c(-c2c(C)cccc2C)c[n+]1C3. The molecule has 13 heterocycles. The first-order chi connectivity index (χ1) is 71.8. The highest BCUT2D eigenvalue weighted by atomic mass is 16.3. The van der Waals surface area contributed by atoms with Gasteiger partial charge in [-0.15, -0.1) is 9.36 Å². The van der Waals surface area contributed by atoms with Crippen molar-refractivity contribution in [3.05, 3.63) is 430 Å². The summed E-state index contributed by atoms with van der Waals surface area (Å²) >= 11 is 0. The Morgan fingerprint density at radius 3 is 1.26 bits per heavy atom. The topological polar surface area (TPSA) is 81.9 Å². The van der Waals surface area contributed by atoms with E-state index in [1.807, 2.05) is 18.7 Å². The lowest BCUT2D eigenvalue weighted by Crippen LogP contribution is -2.34. The van der Waals surface area contributed by atoms with Crippen LogP contribution in [0.2, 0.25) is 0 Å². The van der Waals surface area contributed by atoms with E-state index in [1.54, 1.807) is 0 Å². The number of hydrogen-bond donors (Lipinski definition) is 0. The van der Waals surface area contributed by atoms with E-state index in [9.17, 15) is 0 Å². The number of fused-ring (bicyclic) bond motifs is 18. The van der Waals surface area contributed by atoms with Gasteiger partial charge < -0.3 is 4.42 Å². The predicted molar refractivity (Wildman–Crippen MR) is 606 cm³/mol. The van der Waals surface area contributed by atoms with Crippen molar-refractivity contribution in [2.24, 2.45) is 0 Å². The molecule has 0 N–H and O–H groups in total. The first kappa shape index (κ1) is 94.3. The molecule has 0 saturated heterocycles. The van der Waals surface area contributed by atoms with Gasteiger partial charge >= 0.3 is 0 Å². The zero-order valence-corrected chi connectivity index (χ0v) is 88.8. The van der Waals surface area contributed by atoms with E-state index < -0.39 is 0 Å². The molecule has 732 valence electrons. The molecule has 0 saturated carbocycles. The Balaban J connectivity index is 0.0000000988. The number of hydrogen-bond acceptors (Lipinski definition) is 3. The van der Waals surface area contributed by atoms with Crippen LogP contribution in [0.15, 0.2) is 345 Å². The minimum atomic E-state index is 0.302. The van der Waals surface area contributed by atoms with Gasteiger partial charge in [0.2, 0.25) is 0 Å². The number of furan rings is 1. The lowest BCUT2D eigenvalue weighted by Gasteiger charge is -2.20. The van der Waals surface area contributed by atoms with Gasteiger partial charge in [0, 0.05) is 98.1 Å². The van der Waals surface area contributed by atoms with E-state index in [-0.39, 0.29) is 0 Å². The molecular formula is C135H131N12O+5. The van der Waals surface area contributed by atoms with Gasteiger partial charge in [0.1, 0.15) is 96.8 Å². The Bertz CT molecular complexity index is 8950. The Hall–Kier alpha value is -16.0. The Morgan fingerprint density at radius 2 is 0.730 bits per heavy atom. The summed E-state index contributed by atoms with van der Waals surface area (Å²) in [6.45, 7) is 47.8. The van der Waals surface area contributed by atoms with Gasteiger partial charge in [0.25, 0.3) is 41.4 Å². The van der Waals surface area contributed by atoms with Crippen LogP contribution < -0.4 is 22.8 Å². The largest absolute Gasteiger partial charge is 0.456 e. The van der Waals surface area contributed by atoms with E-state index >= 15 is 0 Å². The minimum absolute atomic E-state index is 0.302. The summed E-state index contributed by atoms with van der Waals surface area (Å²) in [5.41, 5.74) is 47.4. The fourth-order valence-corrected chi connectivity index (χ4v) is 24.8. The molecule has 0 atom stereocenters. The smallest absolute Gasteiger partial charge is 0.295 e. The summed E-state index contributed by atoms with van der Waals surface area (Å²) in [7, 11) is 0. The Morgan fingerprint density at radius 1 is 0.311 bits per heavy atom. The van der Waals surface area contributed by atoms with Crippen LogP contribution >= 0.6 is 0 Å². The van der Waals surface area contributed by atoms with Crippen LogP contribution in [-0.4, -0.2) is 32.9 Å². The zero-order valence-electron chi connectivity index (χ0n) is 88.8. The van der Waals surface area contributed by atoms with Crippen LogP contribution in [0.1, 0.15) is 247 Å². The maximum atomic E-state index is 6.47. The van der Waals surface area contributed by atoms with E-state index in [0.717, 1.165) is 49.7 Å². The molecule has 28 rings (SSSR count). The molecule has 0 fully saturated rings. The van der Waals surface area contributed by atoms with Crippen molar-refractivity contribution in [2.45, 2.75) is 212 Å². The molecule has 148 heavy (non-hydrogen) atoms. The molecular weight excluding hydrogens is 1810 g/mol. The molecule has 13 heteroatoms. The second-order valence-electron chi connectivity index (χ2n) is 44.1. The van der Waals surface area contributed by atoms with Gasteiger partial charge in [-0.2, -0.15) is 22.5 Å². The molecule has 15 aromatic carbocycles. The van der Waals surface area contributed by atoms with E-state index in [4.69, 9.17) is 14.6 Å². The summed E-state index contributed by atoms with van der Waals surface area (Å²) in [5.74, 6) is 6.91. The molecule has 8 aromatic heterocycles. The van der Waals surface area contributed by atoms with Crippen LogP contribution in [0.25, 0.3) is 173 Å². The van der Waals surface area contributed by atoms with Gasteiger partial charge in [-0.25, -0.2) is 13.7 Å². The fraction of sp³-hybridized carbons (Fsp3) is 0.237. The second kappa shape index (κ2) is 37.5. The molecule has 0 radical (unpaired) electrons. The van der Waals surface area contributed by atoms with Crippen molar-refractivity contribution >= 4 is 76.6 Å².